The topological polar surface area (TPSA) is 80.6 Å². The highest BCUT2D eigenvalue weighted by molar-refractivity contribution is 5.98. The number of para-hydroxylation sites is 1. The van der Waals surface area contributed by atoms with Crippen molar-refractivity contribution < 1.29 is 14.4 Å². The molecular formula is C18H23N5O3. The Bertz CT molecular complexity index is 777. The first-order valence-electron chi connectivity index (χ1n) is 8.61. The van der Waals surface area contributed by atoms with E-state index in [2.05, 4.69) is 10.2 Å². The summed E-state index contributed by atoms with van der Waals surface area (Å²) in [4.78, 5) is 33.9. The van der Waals surface area contributed by atoms with E-state index in [-0.39, 0.29) is 23.8 Å². The van der Waals surface area contributed by atoms with E-state index < -0.39 is 0 Å². The molecule has 2 atom stereocenters. The molecule has 3 rings (SSSR count). The van der Waals surface area contributed by atoms with Crippen LogP contribution in [0.2, 0.25) is 0 Å². The molecule has 0 N–H and O–H groups in total. The van der Waals surface area contributed by atoms with Gasteiger partial charge in [0.05, 0.1) is 36.7 Å². The molecule has 2 unspecified atom stereocenters. The van der Waals surface area contributed by atoms with E-state index in [0.717, 1.165) is 12.8 Å². The average molecular weight is 357 g/mol. The van der Waals surface area contributed by atoms with E-state index in [1.54, 1.807) is 30.4 Å². The molecule has 1 aliphatic rings. The van der Waals surface area contributed by atoms with E-state index in [4.69, 9.17) is 4.84 Å². The summed E-state index contributed by atoms with van der Waals surface area (Å²) in [6.07, 6.45) is 4.64. The number of rotatable bonds is 4. The number of carbonyl (C=O) groups is 2. The minimum Gasteiger partial charge on any atom is -0.335 e. The quantitative estimate of drug-likeness (QED) is 0.775. The smallest absolute Gasteiger partial charge is 0.256 e. The van der Waals surface area contributed by atoms with Crippen molar-refractivity contribution in [1.82, 2.24) is 25.0 Å². The van der Waals surface area contributed by atoms with E-state index in [0.29, 0.717) is 17.8 Å². The molecule has 0 radical (unpaired) electrons. The van der Waals surface area contributed by atoms with Crippen molar-refractivity contribution in [3.05, 3.63) is 42.2 Å². The normalized spacial score (nSPS) is 20.0. The predicted octanol–water partition coefficient (Wildman–Crippen LogP) is 1.53. The van der Waals surface area contributed by atoms with Crippen molar-refractivity contribution in [2.45, 2.75) is 25.8 Å². The summed E-state index contributed by atoms with van der Waals surface area (Å²) in [7, 11) is 3.05. The number of piperidine rings is 1. The fourth-order valence-corrected chi connectivity index (χ4v) is 3.26. The first kappa shape index (κ1) is 18.1. The van der Waals surface area contributed by atoms with Crippen LogP contribution in [-0.4, -0.2) is 63.5 Å². The Morgan fingerprint density at radius 1 is 1.19 bits per heavy atom. The minimum atomic E-state index is -0.268. The van der Waals surface area contributed by atoms with Gasteiger partial charge in [-0.2, -0.15) is 15.0 Å². The van der Waals surface area contributed by atoms with Gasteiger partial charge < -0.3 is 4.90 Å². The third-order valence-electron chi connectivity index (χ3n) is 4.85. The molecule has 1 fully saturated rings. The number of nitrogens with zero attached hydrogens (tertiary/aromatic N) is 5. The lowest BCUT2D eigenvalue weighted by Crippen LogP contribution is -2.49. The van der Waals surface area contributed by atoms with E-state index >= 15 is 0 Å². The summed E-state index contributed by atoms with van der Waals surface area (Å²) < 4.78 is 0. The third kappa shape index (κ3) is 3.45. The Balaban J connectivity index is 1.86. The summed E-state index contributed by atoms with van der Waals surface area (Å²) >= 11 is 0. The van der Waals surface area contributed by atoms with Crippen LogP contribution in [0.1, 0.15) is 30.1 Å². The number of aromatic nitrogens is 3. The summed E-state index contributed by atoms with van der Waals surface area (Å²) in [5, 5.41) is 9.48. The SMILES string of the molecule is CON(C)C(=O)C1CCC(C)N(C(=O)c2ccccc2-n2nccn2)C1. The average Bonchev–Trinajstić information content (AvgIpc) is 3.21. The Hall–Kier alpha value is -2.74. The van der Waals surface area contributed by atoms with Crippen LogP contribution in [0, 0.1) is 5.92 Å². The standard InChI is InChI=1S/C18H23N5O3/c1-13-8-9-14(17(24)21(2)26-3)12-22(13)18(25)15-6-4-5-7-16(15)23-19-10-11-20-23/h4-7,10-11,13-14H,8-9,12H2,1-3H3. The molecular weight excluding hydrogens is 334 g/mol. The molecule has 8 heteroatoms. The van der Waals surface area contributed by atoms with Crippen molar-refractivity contribution in [2.24, 2.45) is 5.92 Å². The maximum atomic E-state index is 13.2. The second-order valence-electron chi connectivity index (χ2n) is 6.43. The monoisotopic (exact) mass is 357 g/mol. The van der Waals surface area contributed by atoms with Crippen LogP contribution >= 0.6 is 0 Å². The Morgan fingerprint density at radius 2 is 1.88 bits per heavy atom. The molecule has 2 amide bonds. The number of hydrogen-bond acceptors (Lipinski definition) is 5. The molecule has 1 aromatic carbocycles. The highest BCUT2D eigenvalue weighted by atomic mass is 16.7. The lowest BCUT2D eigenvalue weighted by molar-refractivity contribution is -0.175. The zero-order valence-corrected chi connectivity index (χ0v) is 15.2. The summed E-state index contributed by atoms with van der Waals surface area (Å²) in [5.74, 6) is -0.503. The molecule has 26 heavy (non-hydrogen) atoms. The van der Waals surface area contributed by atoms with Gasteiger partial charge in [0.1, 0.15) is 0 Å². The molecule has 0 aliphatic carbocycles. The van der Waals surface area contributed by atoms with Crippen molar-refractivity contribution in [2.75, 3.05) is 20.7 Å². The van der Waals surface area contributed by atoms with E-state index in [1.165, 1.54) is 17.0 Å². The largest absolute Gasteiger partial charge is 0.335 e. The molecule has 0 spiro atoms. The van der Waals surface area contributed by atoms with Crippen LogP contribution in [-0.2, 0) is 9.63 Å². The third-order valence-corrected chi connectivity index (χ3v) is 4.85. The number of hydrogen-bond donors (Lipinski definition) is 0. The molecule has 138 valence electrons. The van der Waals surface area contributed by atoms with Gasteiger partial charge in [0.25, 0.3) is 11.8 Å². The molecule has 1 aromatic heterocycles. The lowest BCUT2D eigenvalue weighted by Gasteiger charge is -2.38. The van der Waals surface area contributed by atoms with Gasteiger partial charge >= 0.3 is 0 Å². The van der Waals surface area contributed by atoms with Crippen LogP contribution < -0.4 is 0 Å². The van der Waals surface area contributed by atoms with Crippen LogP contribution in [0.5, 0.6) is 0 Å². The summed E-state index contributed by atoms with van der Waals surface area (Å²) in [6, 6.07) is 7.28. The van der Waals surface area contributed by atoms with Crippen LogP contribution in [0.3, 0.4) is 0 Å². The predicted molar refractivity (Wildman–Crippen MR) is 94.4 cm³/mol. The first-order valence-corrected chi connectivity index (χ1v) is 8.61. The molecule has 2 aromatic rings. The van der Waals surface area contributed by atoms with E-state index in [9.17, 15) is 9.59 Å². The van der Waals surface area contributed by atoms with Crippen molar-refractivity contribution in [3.63, 3.8) is 0 Å². The van der Waals surface area contributed by atoms with Crippen molar-refractivity contribution in [1.29, 1.82) is 0 Å². The summed E-state index contributed by atoms with van der Waals surface area (Å²) in [6.45, 7) is 2.38. The highest BCUT2D eigenvalue weighted by Gasteiger charge is 2.35. The number of carbonyl (C=O) groups excluding carboxylic acids is 2. The van der Waals surface area contributed by atoms with Crippen molar-refractivity contribution in [3.8, 4) is 5.69 Å². The zero-order valence-electron chi connectivity index (χ0n) is 15.2. The molecule has 0 saturated carbocycles. The molecule has 1 aliphatic heterocycles. The van der Waals surface area contributed by atoms with Gasteiger partial charge in [0.15, 0.2) is 0 Å². The van der Waals surface area contributed by atoms with Crippen LogP contribution in [0.25, 0.3) is 5.69 Å². The molecule has 0 bridgehead atoms. The fourth-order valence-electron chi connectivity index (χ4n) is 3.26. The Labute approximate surface area is 152 Å². The first-order chi connectivity index (χ1) is 12.5. The maximum absolute atomic E-state index is 13.2. The van der Waals surface area contributed by atoms with Gasteiger partial charge in [-0.3, -0.25) is 14.4 Å². The maximum Gasteiger partial charge on any atom is 0.256 e. The van der Waals surface area contributed by atoms with Gasteiger partial charge in [0, 0.05) is 19.6 Å². The highest BCUT2D eigenvalue weighted by Crippen LogP contribution is 2.26. The number of amides is 2. The minimum absolute atomic E-state index is 0.0537. The van der Waals surface area contributed by atoms with Crippen LogP contribution in [0.15, 0.2) is 36.7 Å². The van der Waals surface area contributed by atoms with Gasteiger partial charge in [-0.05, 0) is 31.9 Å². The van der Waals surface area contributed by atoms with Gasteiger partial charge in [-0.15, -0.1) is 0 Å². The van der Waals surface area contributed by atoms with Gasteiger partial charge in [-0.25, -0.2) is 5.06 Å². The fraction of sp³-hybridized carbons (Fsp3) is 0.444. The summed E-state index contributed by atoms with van der Waals surface area (Å²) in [5.41, 5.74) is 1.14. The molecule has 1 saturated heterocycles. The van der Waals surface area contributed by atoms with Crippen molar-refractivity contribution >= 4 is 11.8 Å². The van der Waals surface area contributed by atoms with Gasteiger partial charge in [0.2, 0.25) is 0 Å². The number of benzene rings is 1. The Morgan fingerprint density at radius 3 is 2.58 bits per heavy atom. The van der Waals surface area contributed by atoms with Gasteiger partial charge in [-0.1, -0.05) is 12.1 Å². The second kappa shape index (κ2) is 7.65. The van der Waals surface area contributed by atoms with Crippen LogP contribution in [0.4, 0.5) is 0 Å². The molecule has 2 heterocycles. The zero-order chi connectivity index (χ0) is 18.7. The molecule has 8 nitrogen and oxygen atoms in total. The Kier molecular flexibility index (Phi) is 5.32. The lowest BCUT2D eigenvalue weighted by atomic mass is 9.92. The van der Waals surface area contributed by atoms with E-state index in [1.807, 2.05) is 25.1 Å². The number of hydroxylamine groups is 2. The number of likely N-dealkylation sites (tertiary alicyclic amines) is 1. The second-order valence-corrected chi connectivity index (χ2v) is 6.43.